The van der Waals surface area contributed by atoms with Gasteiger partial charge in [0.05, 0.1) is 5.60 Å². The number of ether oxygens (including phenoxy) is 1. The summed E-state index contributed by atoms with van der Waals surface area (Å²) in [6, 6.07) is 9.75. The lowest BCUT2D eigenvalue weighted by atomic mass is 10.1. The van der Waals surface area contributed by atoms with Crippen LogP contribution in [0.5, 0.6) is 0 Å². The lowest BCUT2D eigenvalue weighted by Gasteiger charge is -2.24. The number of hydrogen-bond acceptors (Lipinski definition) is 2. The summed E-state index contributed by atoms with van der Waals surface area (Å²) in [7, 11) is 0. The summed E-state index contributed by atoms with van der Waals surface area (Å²) in [5.41, 5.74) is 0.685. The predicted molar refractivity (Wildman–Crippen MR) is 68.0 cm³/mol. The van der Waals surface area contributed by atoms with Crippen LogP contribution < -0.4 is 4.90 Å². The lowest BCUT2D eigenvalue weighted by molar-refractivity contribution is -0.135. The normalized spacial score (nSPS) is 21.0. The van der Waals surface area contributed by atoms with Crippen molar-refractivity contribution in [1.29, 1.82) is 0 Å². The van der Waals surface area contributed by atoms with E-state index in [9.17, 15) is 4.79 Å². The van der Waals surface area contributed by atoms with E-state index in [-0.39, 0.29) is 17.6 Å². The van der Waals surface area contributed by atoms with Crippen molar-refractivity contribution in [2.24, 2.45) is 0 Å². The summed E-state index contributed by atoms with van der Waals surface area (Å²) in [5.74, 6) is 0.0751. The second-order valence-corrected chi connectivity index (χ2v) is 5.33. The van der Waals surface area contributed by atoms with Gasteiger partial charge in [-0.1, -0.05) is 18.2 Å². The van der Waals surface area contributed by atoms with E-state index in [1.165, 1.54) is 0 Å². The average Bonchev–Trinajstić information content (AvgIpc) is 2.60. The molecule has 0 aromatic heterocycles. The number of amides is 1. The van der Waals surface area contributed by atoms with Crippen LogP contribution in [0.1, 0.15) is 27.2 Å². The molecule has 1 unspecified atom stereocenters. The molecule has 0 bridgehead atoms. The summed E-state index contributed by atoms with van der Waals surface area (Å²) in [5, 5.41) is 0. The topological polar surface area (TPSA) is 29.5 Å². The quantitative estimate of drug-likeness (QED) is 0.785. The largest absolute Gasteiger partial charge is 0.363 e. The molecular formula is C14H19NO2. The van der Waals surface area contributed by atoms with Crippen molar-refractivity contribution in [2.75, 3.05) is 11.4 Å². The number of carbonyl (C=O) groups is 1. The van der Waals surface area contributed by atoms with Gasteiger partial charge >= 0.3 is 0 Å². The summed E-state index contributed by atoms with van der Waals surface area (Å²) >= 11 is 0. The predicted octanol–water partition coefficient (Wildman–Crippen LogP) is 2.61. The molecule has 1 aromatic carbocycles. The molecule has 1 atom stereocenters. The summed E-state index contributed by atoms with van der Waals surface area (Å²) in [4.78, 5) is 14.0. The highest BCUT2D eigenvalue weighted by molar-refractivity contribution is 5.98. The molecule has 17 heavy (non-hydrogen) atoms. The van der Waals surface area contributed by atoms with E-state index in [4.69, 9.17) is 4.74 Å². The van der Waals surface area contributed by atoms with Gasteiger partial charge in [-0.2, -0.15) is 0 Å². The van der Waals surface area contributed by atoms with Crippen LogP contribution in [0.3, 0.4) is 0 Å². The van der Waals surface area contributed by atoms with Crippen molar-refractivity contribution in [3.63, 3.8) is 0 Å². The highest BCUT2D eigenvalue weighted by Gasteiger charge is 2.35. The molecule has 1 aromatic rings. The highest BCUT2D eigenvalue weighted by Crippen LogP contribution is 2.25. The molecule has 92 valence electrons. The zero-order valence-electron chi connectivity index (χ0n) is 10.6. The number of hydrogen-bond donors (Lipinski definition) is 0. The van der Waals surface area contributed by atoms with Gasteiger partial charge in [0.15, 0.2) is 0 Å². The van der Waals surface area contributed by atoms with E-state index >= 15 is 0 Å². The Hall–Kier alpha value is -1.35. The highest BCUT2D eigenvalue weighted by atomic mass is 16.5. The second-order valence-electron chi connectivity index (χ2n) is 5.33. The van der Waals surface area contributed by atoms with Crippen molar-refractivity contribution in [3.8, 4) is 0 Å². The molecule has 0 aliphatic carbocycles. The molecule has 2 rings (SSSR count). The zero-order valence-corrected chi connectivity index (χ0v) is 10.6. The first-order valence-corrected chi connectivity index (χ1v) is 6.01. The molecule has 0 saturated carbocycles. The Morgan fingerprint density at radius 3 is 2.47 bits per heavy atom. The van der Waals surface area contributed by atoms with Crippen LogP contribution in [-0.2, 0) is 9.53 Å². The molecule has 1 aliphatic rings. The standard InChI is InChI=1S/C14H19NO2/c1-14(2,3)17-12-9-10-15(13(12)16)11-7-5-4-6-8-11/h4-8,12H,9-10H2,1-3H3. The molecule has 1 saturated heterocycles. The molecule has 1 aliphatic heterocycles. The Labute approximate surface area is 102 Å². The fraction of sp³-hybridized carbons (Fsp3) is 0.500. The van der Waals surface area contributed by atoms with Crippen LogP contribution in [0.4, 0.5) is 5.69 Å². The fourth-order valence-electron chi connectivity index (χ4n) is 2.05. The number of nitrogens with zero attached hydrogens (tertiary/aromatic N) is 1. The molecular weight excluding hydrogens is 214 g/mol. The van der Waals surface area contributed by atoms with Gasteiger partial charge in [0.2, 0.25) is 0 Å². The molecule has 3 heteroatoms. The second kappa shape index (κ2) is 4.49. The van der Waals surface area contributed by atoms with E-state index in [0.29, 0.717) is 0 Å². The van der Waals surface area contributed by atoms with Gasteiger partial charge in [0.25, 0.3) is 5.91 Å². The van der Waals surface area contributed by atoms with Crippen LogP contribution in [0.15, 0.2) is 30.3 Å². The maximum absolute atomic E-state index is 12.2. The van der Waals surface area contributed by atoms with Gasteiger partial charge in [-0.15, -0.1) is 0 Å². The Morgan fingerprint density at radius 1 is 1.24 bits per heavy atom. The Kier molecular flexibility index (Phi) is 3.20. The molecule has 0 spiro atoms. The number of anilines is 1. The molecule has 1 heterocycles. The molecule has 1 amide bonds. The van der Waals surface area contributed by atoms with E-state index < -0.39 is 0 Å². The lowest BCUT2D eigenvalue weighted by Crippen LogP contribution is -2.35. The third-order valence-electron chi connectivity index (χ3n) is 2.72. The fourth-order valence-corrected chi connectivity index (χ4v) is 2.05. The van der Waals surface area contributed by atoms with Crippen LogP contribution in [-0.4, -0.2) is 24.2 Å². The Balaban J connectivity index is 2.08. The van der Waals surface area contributed by atoms with Crippen molar-refractivity contribution >= 4 is 11.6 Å². The minimum Gasteiger partial charge on any atom is -0.363 e. The van der Waals surface area contributed by atoms with Crippen molar-refractivity contribution in [3.05, 3.63) is 30.3 Å². The molecule has 0 N–H and O–H groups in total. The number of para-hydroxylation sites is 1. The van der Waals surface area contributed by atoms with Gasteiger partial charge in [0, 0.05) is 18.7 Å². The molecule has 0 radical (unpaired) electrons. The number of rotatable bonds is 2. The summed E-state index contributed by atoms with van der Waals surface area (Å²) in [6.07, 6.45) is 0.473. The van der Waals surface area contributed by atoms with Gasteiger partial charge < -0.3 is 9.64 Å². The minimum atomic E-state index is -0.296. The molecule has 3 nitrogen and oxygen atoms in total. The summed E-state index contributed by atoms with van der Waals surface area (Å²) in [6.45, 7) is 6.67. The monoisotopic (exact) mass is 233 g/mol. The Morgan fingerprint density at radius 2 is 1.88 bits per heavy atom. The van der Waals surface area contributed by atoms with Crippen LogP contribution in [0.25, 0.3) is 0 Å². The van der Waals surface area contributed by atoms with Crippen molar-refractivity contribution in [1.82, 2.24) is 0 Å². The third-order valence-corrected chi connectivity index (χ3v) is 2.72. The third kappa shape index (κ3) is 2.86. The average molecular weight is 233 g/mol. The number of benzene rings is 1. The van der Waals surface area contributed by atoms with Crippen LogP contribution >= 0.6 is 0 Å². The maximum atomic E-state index is 12.2. The van der Waals surface area contributed by atoms with Crippen LogP contribution in [0.2, 0.25) is 0 Å². The minimum absolute atomic E-state index is 0.0751. The first-order chi connectivity index (χ1) is 7.97. The van der Waals surface area contributed by atoms with Gasteiger partial charge in [-0.25, -0.2) is 0 Å². The van der Waals surface area contributed by atoms with E-state index in [0.717, 1.165) is 18.7 Å². The van der Waals surface area contributed by atoms with E-state index in [1.54, 1.807) is 4.90 Å². The maximum Gasteiger partial charge on any atom is 0.256 e. The van der Waals surface area contributed by atoms with Crippen molar-refractivity contribution < 1.29 is 9.53 Å². The summed E-state index contributed by atoms with van der Waals surface area (Å²) < 4.78 is 5.77. The Bertz CT molecular complexity index is 394. The number of carbonyl (C=O) groups excluding carboxylic acids is 1. The first-order valence-electron chi connectivity index (χ1n) is 6.01. The molecule has 1 fully saturated rings. The SMILES string of the molecule is CC(C)(C)OC1CCN(c2ccccc2)C1=O. The van der Waals surface area contributed by atoms with E-state index in [2.05, 4.69) is 0 Å². The van der Waals surface area contributed by atoms with Crippen LogP contribution in [0, 0.1) is 0 Å². The van der Waals surface area contributed by atoms with Crippen molar-refractivity contribution in [2.45, 2.75) is 38.9 Å². The van der Waals surface area contributed by atoms with Gasteiger partial charge in [-0.05, 0) is 32.9 Å². The van der Waals surface area contributed by atoms with E-state index in [1.807, 2.05) is 51.1 Å². The first kappa shape index (κ1) is 12.1. The zero-order chi connectivity index (χ0) is 12.5. The van der Waals surface area contributed by atoms with Gasteiger partial charge in [-0.3, -0.25) is 4.79 Å². The smallest absolute Gasteiger partial charge is 0.256 e. The van der Waals surface area contributed by atoms with Gasteiger partial charge in [0.1, 0.15) is 6.10 Å².